The second kappa shape index (κ2) is 10.4. The van der Waals surface area contributed by atoms with E-state index in [0.29, 0.717) is 5.56 Å². The number of amides is 1. The molecule has 1 heterocycles. The van der Waals surface area contributed by atoms with Crippen LogP contribution in [0.15, 0.2) is 24.3 Å². The first-order valence-electron chi connectivity index (χ1n) is 8.40. The van der Waals surface area contributed by atoms with Gasteiger partial charge in [-0.05, 0) is 56.6 Å². The van der Waals surface area contributed by atoms with Gasteiger partial charge in [-0.2, -0.15) is 0 Å². The molecule has 0 spiro atoms. The van der Waals surface area contributed by atoms with Crippen LogP contribution in [0.1, 0.15) is 49.4 Å². The van der Waals surface area contributed by atoms with Gasteiger partial charge in [0.1, 0.15) is 5.82 Å². The number of benzene rings is 1. The Balaban J connectivity index is 0.00000288. The summed E-state index contributed by atoms with van der Waals surface area (Å²) in [6, 6.07) is 5.77. The number of nitrogens with zero attached hydrogens (tertiary/aromatic N) is 1. The van der Waals surface area contributed by atoms with Crippen LogP contribution in [-0.4, -0.2) is 42.3 Å². The number of carbonyl (C=O) groups is 2. The molecule has 1 aliphatic heterocycles. The normalized spacial score (nSPS) is 14.8. The molecule has 1 aromatic rings. The third kappa shape index (κ3) is 5.87. The molecule has 24 heavy (non-hydrogen) atoms. The SMILES string of the molecule is CCCN(C(=O)CCC(=O)c1ccc(F)cc1)C1CCNCC1.Cl. The summed E-state index contributed by atoms with van der Waals surface area (Å²) < 4.78 is 12.9. The Labute approximate surface area is 149 Å². The van der Waals surface area contributed by atoms with Crippen molar-refractivity contribution in [2.45, 2.75) is 45.1 Å². The minimum Gasteiger partial charge on any atom is -0.340 e. The van der Waals surface area contributed by atoms with E-state index in [1.165, 1.54) is 24.3 Å². The molecule has 0 aromatic heterocycles. The molecule has 1 amide bonds. The van der Waals surface area contributed by atoms with E-state index in [0.717, 1.165) is 38.9 Å². The van der Waals surface area contributed by atoms with Gasteiger partial charge in [0.2, 0.25) is 5.91 Å². The highest BCUT2D eigenvalue weighted by atomic mass is 35.5. The van der Waals surface area contributed by atoms with Gasteiger partial charge in [0.25, 0.3) is 0 Å². The molecule has 2 rings (SSSR count). The number of Topliss-reactive ketones (excluding diaryl/α,β-unsaturated/α-hetero) is 1. The predicted octanol–water partition coefficient (Wildman–Crippen LogP) is 3.20. The molecule has 134 valence electrons. The van der Waals surface area contributed by atoms with Gasteiger partial charge in [-0.15, -0.1) is 12.4 Å². The number of ketones is 1. The van der Waals surface area contributed by atoms with Crippen molar-refractivity contribution in [1.82, 2.24) is 10.2 Å². The Kier molecular flexibility index (Phi) is 8.93. The molecular weight excluding hydrogens is 331 g/mol. The fourth-order valence-corrected chi connectivity index (χ4v) is 3.01. The maximum absolute atomic E-state index is 12.9. The molecule has 0 atom stereocenters. The molecular formula is C18H26ClFN2O2. The van der Waals surface area contributed by atoms with Crippen LogP contribution < -0.4 is 5.32 Å². The molecule has 1 aliphatic rings. The summed E-state index contributed by atoms with van der Waals surface area (Å²) >= 11 is 0. The van der Waals surface area contributed by atoms with Gasteiger partial charge in [-0.1, -0.05) is 6.92 Å². The average Bonchev–Trinajstić information content (AvgIpc) is 2.58. The van der Waals surface area contributed by atoms with Crippen LogP contribution in [0, 0.1) is 5.82 Å². The molecule has 6 heteroatoms. The molecule has 1 fully saturated rings. The van der Waals surface area contributed by atoms with Gasteiger partial charge in [0, 0.05) is 31.0 Å². The van der Waals surface area contributed by atoms with Crippen molar-refractivity contribution in [2.24, 2.45) is 0 Å². The quantitative estimate of drug-likeness (QED) is 0.763. The zero-order valence-electron chi connectivity index (χ0n) is 14.1. The summed E-state index contributed by atoms with van der Waals surface area (Å²) in [6.45, 7) is 4.68. The van der Waals surface area contributed by atoms with E-state index in [1.54, 1.807) is 0 Å². The highest BCUT2D eigenvalue weighted by Gasteiger charge is 2.24. The van der Waals surface area contributed by atoms with Crippen LogP contribution in [0.2, 0.25) is 0 Å². The number of carbonyl (C=O) groups excluding carboxylic acids is 2. The Morgan fingerprint density at radius 1 is 1.17 bits per heavy atom. The molecule has 0 radical (unpaired) electrons. The van der Waals surface area contributed by atoms with Crippen LogP contribution in [0.3, 0.4) is 0 Å². The lowest BCUT2D eigenvalue weighted by atomic mass is 10.0. The standard InChI is InChI=1S/C18H25FN2O2.ClH/c1-2-13-21(16-9-11-20-12-10-16)18(23)8-7-17(22)14-3-5-15(19)6-4-14;/h3-6,16,20H,2,7-13H2,1H3;1H. The van der Waals surface area contributed by atoms with Gasteiger partial charge >= 0.3 is 0 Å². The van der Waals surface area contributed by atoms with Crippen molar-refractivity contribution in [2.75, 3.05) is 19.6 Å². The van der Waals surface area contributed by atoms with Crippen molar-refractivity contribution in [3.05, 3.63) is 35.6 Å². The van der Waals surface area contributed by atoms with Gasteiger partial charge in [0.15, 0.2) is 5.78 Å². The van der Waals surface area contributed by atoms with E-state index in [2.05, 4.69) is 12.2 Å². The van der Waals surface area contributed by atoms with Crippen molar-refractivity contribution in [3.63, 3.8) is 0 Å². The molecule has 1 N–H and O–H groups in total. The van der Waals surface area contributed by atoms with Crippen LogP contribution in [0.4, 0.5) is 4.39 Å². The van der Waals surface area contributed by atoms with E-state index in [4.69, 9.17) is 0 Å². The summed E-state index contributed by atoms with van der Waals surface area (Å²) in [5.41, 5.74) is 0.461. The Bertz CT molecular complexity index is 530. The summed E-state index contributed by atoms with van der Waals surface area (Å²) in [6.07, 6.45) is 3.26. The lowest BCUT2D eigenvalue weighted by Gasteiger charge is -2.34. The smallest absolute Gasteiger partial charge is 0.223 e. The number of hydrogen-bond donors (Lipinski definition) is 1. The van der Waals surface area contributed by atoms with Crippen molar-refractivity contribution >= 4 is 24.1 Å². The first-order valence-corrected chi connectivity index (χ1v) is 8.40. The zero-order chi connectivity index (χ0) is 16.7. The minimum absolute atomic E-state index is 0. The third-order valence-corrected chi connectivity index (χ3v) is 4.27. The maximum Gasteiger partial charge on any atom is 0.223 e. The second-order valence-corrected chi connectivity index (χ2v) is 6.00. The van der Waals surface area contributed by atoms with Gasteiger partial charge in [0.05, 0.1) is 0 Å². The van der Waals surface area contributed by atoms with Gasteiger partial charge in [-0.25, -0.2) is 4.39 Å². The molecule has 4 nitrogen and oxygen atoms in total. The summed E-state index contributed by atoms with van der Waals surface area (Å²) in [5.74, 6) is -0.424. The Morgan fingerprint density at radius 3 is 2.38 bits per heavy atom. The lowest BCUT2D eigenvalue weighted by molar-refractivity contribution is -0.134. The number of rotatable bonds is 7. The maximum atomic E-state index is 12.9. The molecule has 0 bridgehead atoms. The average molecular weight is 357 g/mol. The molecule has 1 aromatic carbocycles. The van der Waals surface area contributed by atoms with E-state index >= 15 is 0 Å². The summed E-state index contributed by atoms with van der Waals surface area (Å²) in [7, 11) is 0. The van der Waals surface area contributed by atoms with E-state index in [1.807, 2.05) is 4.90 Å². The lowest BCUT2D eigenvalue weighted by Crippen LogP contribution is -2.46. The van der Waals surface area contributed by atoms with Crippen molar-refractivity contribution in [3.8, 4) is 0 Å². The first-order chi connectivity index (χ1) is 11.1. The van der Waals surface area contributed by atoms with Crippen LogP contribution in [-0.2, 0) is 4.79 Å². The number of piperidine rings is 1. The van der Waals surface area contributed by atoms with Crippen molar-refractivity contribution < 1.29 is 14.0 Å². The fraction of sp³-hybridized carbons (Fsp3) is 0.556. The van der Waals surface area contributed by atoms with Gasteiger partial charge < -0.3 is 10.2 Å². The molecule has 0 saturated carbocycles. The van der Waals surface area contributed by atoms with E-state index in [-0.39, 0.29) is 48.8 Å². The zero-order valence-corrected chi connectivity index (χ0v) is 14.9. The molecule has 0 aliphatic carbocycles. The highest BCUT2D eigenvalue weighted by molar-refractivity contribution is 5.97. The monoisotopic (exact) mass is 356 g/mol. The van der Waals surface area contributed by atoms with Crippen LogP contribution in [0.25, 0.3) is 0 Å². The number of nitrogens with one attached hydrogen (secondary N) is 1. The predicted molar refractivity (Wildman–Crippen MR) is 95.1 cm³/mol. The Morgan fingerprint density at radius 2 is 1.79 bits per heavy atom. The molecule has 0 unspecified atom stereocenters. The van der Waals surface area contributed by atoms with Crippen molar-refractivity contribution in [1.29, 1.82) is 0 Å². The number of hydrogen-bond acceptors (Lipinski definition) is 3. The summed E-state index contributed by atoms with van der Waals surface area (Å²) in [5, 5.41) is 3.30. The highest BCUT2D eigenvalue weighted by Crippen LogP contribution is 2.15. The summed E-state index contributed by atoms with van der Waals surface area (Å²) in [4.78, 5) is 26.6. The first kappa shape index (κ1) is 20.6. The Hall–Kier alpha value is -1.46. The van der Waals surface area contributed by atoms with E-state index in [9.17, 15) is 14.0 Å². The van der Waals surface area contributed by atoms with Gasteiger partial charge in [-0.3, -0.25) is 9.59 Å². The fourth-order valence-electron chi connectivity index (χ4n) is 3.01. The third-order valence-electron chi connectivity index (χ3n) is 4.27. The van der Waals surface area contributed by atoms with Crippen LogP contribution in [0.5, 0.6) is 0 Å². The molecule has 1 saturated heterocycles. The van der Waals surface area contributed by atoms with E-state index < -0.39 is 0 Å². The number of halogens is 2. The second-order valence-electron chi connectivity index (χ2n) is 6.00. The minimum atomic E-state index is -0.363. The topological polar surface area (TPSA) is 49.4 Å². The van der Waals surface area contributed by atoms with Crippen LogP contribution >= 0.6 is 12.4 Å². The largest absolute Gasteiger partial charge is 0.340 e.